The highest BCUT2D eigenvalue weighted by atomic mass is 35.5. The van der Waals surface area contributed by atoms with Crippen molar-refractivity contribution in [3.63, 3.8) is 0 Å². The Kier molecular flexibility index (Phi) is 3.97. The second-order valence-electron chi connectivity index (χ2n) is 3.80. The molecule has 0 aliphatic rings. The Hall–Kier alpha value is -1.13. The Labute approximate surface area is 110 Å². The first kappa shape index (κ1) is 12.3. The van der Waals surface area contributed by atoms with Gasteiger partial charge in [-0.2, -0.15) is 4.80 Å². The van der Waals surface area contributed by atoms with Gasteiger partial charge in [-0.15, -0.1) is 21.8 Å². The van der Waals surface area contributed by atoms with Crippen molar-refractivity contribution in [2.45, 2.75) is 12.3 Å². The van der Waals surface area contributed by atoms with E-state index in [0.29, 0.717) is 18.1 Å². The van der Waals surface area contributed by atoms with Crippen molar-refractivity contribution < 1.29 is 0 Å². The predicted molar refractivity (Wildman–Crippen MR) is 67.4 cm³/mol. The lowest BCUT2D eigenvalue weighted by molar-refractivity contribution is 0.624. The lowest BCUT2D eigenvalue weighted by atomic mass is 9.97. The molecule has 0 aliphatic heterocycles. The van der Waals surface area contributed by atoms with Crippen LogP contribution in [0.15, 0.2) is 24.3 Å². The van der Waals surface area contributed by atoms with E-state index in [0.717, 1.165) is 10.6 Å². The van der Waals surface area contributed by atoms with Crippen LogP contribution in [0.3, 0.4) is 0 Å². The first-order valence-corrected chi connectivity index (χ1v) is 6.14. The topological polar surface area (TPSA) is 43.6 Å². The second-order valence-corrected chi connectivity index (χ2v) is 4.55. The predicted octanol–water partition coefficient (Wildman–Crippen LogP) is 2.43. The number of benzene rings is 1. The molecule has 2 aromatic rings. The SMILES string of the molecule is Cn1nnc(CC(CCl)c2ccc(Cl)cc2)n1. The van der Waals surface area contributed by atoms with Gasteiger partial charge in [-0.1, -0.05) is 23.7 Å². The van der Waals surface area contributed by atoms with Crippen molar-refractivity contribution in [1.82, 2.24) is 20.2 Å². The van der Waals surface area contributed by atoms with E-state index in [4.69, 9.17) is 23.2 Å². The van der Waals surface area contributed by atoms with Gasteiger partial charge in [-0.25, -0.2) is 0 Å². The second kappa shape index (κ2) is 5.47. The minimum absolute atomic E-state index is 0.179. The molecule has 6 heteroatoms. The quantitative estimate of drug-likeness (QED) is 0.802. The Morgan fingerprint density at radius 1 is 1.29 bits per heavy atom. The van der Waals surface area contributed by atoms with Crippen LogP contribution in [0.5, 0.6) is 0 Å². The number of nitrogens with zero attached hydrogens (tertiary/aromatic N) is 4. The summed E-state index contributed by atoms with van der Waals surface area (Å²) in [5, 5.41) is 12.6. The molecule has 0 fully saturated rings. The lowest BCUT2D eigenvalue weighted by Crippen LogP contribution is -2.06. The van der Waals surface area contributed by atoms with Gasteiger partial charge in [-0.3, -0.25) is 0 Å². The van der Waals surface area contributed by atoms with E-state index in [1.165, 1.54) is 4.80 Å². The molecule has 0 aliphatic carbocycles. The molecule has 1 atom stereocenters. The maximum atomic E-state index is 5.98. The minimum Gasteiger partial charge on any atom is -0.167 e. The normalized spacial score (nSPS) is 12.6. The smallest absolute Gasteiger partial charge is 0.167 e. The van der Waals surface area contributed by atoms with Gasteiger partial charge in [0, 0.05) is 23.2 Å². The van der Waals surface area contributed by atoms with Crippen LogP contribution < -0.4 is 0 Å². The summed E-state index contributed by atoms with van der Waals surface area (Å²) in [6.07, 6.45) is 0.680. The summed E-state index contributed by atoms with van der Waals surface area (Å²) in [4.78, 5) is 1.45. The van der Waals surface area contributed by atoms with Crippen LogP contribution in [0, 0.1) is 0 Å². The monoisotopic (exact) mass is 270 g/mol. The molecular weight excluding hydrogens is 259 g/mol. The fraction of sp³-hybridized carbons (Fsp3) is 0.364. The van der Waals surface area contributed by atoms with Crippen molar-refractivity contribution in [2.75, 3.05) is 5.88 Å². The molecule has 90 valence electrons. The summed E-state index contributed by atoms with van der Waals surface area (Å²) < 4.78 is 0. The van der Waals surface area contributed by atoms with E-state index in [1.54, 1.807) is 7.05 Å². The molecule has 0 amide bonds. The zero-order valence-corrected chi connectivity index (χ0v) is 10.9. The fourth-order valence-corrected chi connectivity index (χ4v) is 2.04. The highest BCUT2D eigenvalue weighted by Crippen LogP contribution is 2.22. The first-order valence-electron chi connectivity index (χ1n) is 5.23. The highest BCUT2D eigenvalue weighted by Gasteiger charge is 2.14. The van der Waals surface area contributed by atoms with Crippen molar-refractivity contribution in [3.05, 3.63) is 40.7 Å². The molecule has 0 saturated heterocycles. The Balaban J connectivity index is 2.13. The molecule has 17 heavy (non-hydrogen) atoms. The van der Waals surface area contributed by atoms with Crippen LogP contribution in [0.1, 0.15) is 17.3 Å². The van der Waals surface area contributed by atoms with Gasteiger partial charge >= 0.3 is 0 Å². The maximum absolute atomic E-state index is 5.98. The Morgan fingerprint density at radius 2 is 2.00 bits per heavy atom. The average molecular weight is 271 g/mol. The molecule has 0 saturated carbocycles. The Morgan fingerprint density at radius 3 is 2.53 bits per heavy atom. The molecule has 0 radical (unpaired) electrons. The summed E-state index contributed by atoms with van der Waals surface area (Å²) in [6.45, 7) is 0. The molecule has 0 N–H and O–H groups in total. The molecule has 1 unspecified atom stereocenters. The standard InChI is InChI=1S/C11H12Cl2N4/c1-17-15-11(14-16-17)6-9(7-12)8-2-4-10(13)5-3-8/h2-5,9H,6-7H2,1H3. The zero-order valence-electron chi connectivity index (χ0n) is 9.35. The molecule has 1 aromatic heterocycles. The van der Waals surface area contributed by atoms with E-state index in [9.17, 15) is 0 Å². The van der Waals surface area contributed by atoms with Gasteiger partial charge < -0.3 is 0 Å². The number of alkyl halides is 1. The number of tetrazole rings is 1. The molecule has 2 rings (SSSR count). The molecule has 0 bridgehead atoms. The van der Waals surface area contributed by atoms with E-state index in [-0.39, 0.29) is 5.92 Å². The minimum atomic E-state index is 0.179. The summed E-state index contributed by atoms with van der Waals surface area (Å²) in [7, 11) is 1.74. The van der Waals surface area contributed by atoms with Gasteiger partial charge in [0.05, 0.1) is 7.05 Å². The number of hydrogen-bond donors (Lipinski definition) is 0. The maximum Gasteiger partial charge on any atom is 0.175 e. The fourth-order valence-electron chi connectivity index (χ4n) is 1.62. The van der Waals surface area contributed by atoms with E-state index in [1.807, 2.05) is 24.3 Å². The van der Waals surface area contributed by atoms with Crippen molar-refractivity contribution in [2.24, 2.45) is 7.05 Å². The van der Waals surface area contributed by atoms with Crippen LogP contribution in [0.25, 0.3) is 0 Å². The van der Waals surface area contributed by atoms with Crippen molar-refractivity contribution >= 4 is 23.2 Å². The third kappa shape index (κ3) is 3.17. The number of aryl methyl sites for hydroxylation is 1. The molecule has 4 nitrogen and oxygen atoms in total. The third-order valence-corrected chi connectivity index (χ3v) is 3.13. The summed E-state index contributed by atoms with van der Waals surface area (Å²) in [6, 6.07) is 7.68. The van der Waals surface area contributed by atoms with Crippen molar-refractivity contribution in [1.29, 1.82) is 0 Å². The highest BCUT2D eigenvalue weighted by molar-refractivity contribution is 6.30. The lowest BCUT2D eigenvalue weighted by Gasteiger charge is -2.11. The zero-order chi connectivity index (χ0) is 12.3. The van der Waals surface area contributed by atoms with Gasteiger partial charge in [0.25, 0.3) is 0 Å². The number of rotatable bonds is 4. The third-order valence-electron chi connectivity index (χ3n) is 2.51. The summed E-state index contributed by atoms with van der Waals surface area (Å²) in [5.41, 5.74) is 1.14. The number of halogens is 2. The van der Waals surface area contributed by atoms with Crippen LogP contribution in [0.2, 0.25) is 5.02 Å². The van der Waals surface area contributed by atoms with Crippen LogP contribution in [0.4, 0.5) is 0 Å². The summed E-state index contributed by atoms with van der Waals surface area (Å²) in [5.74, 6) is 1.39. The van der Waals surface area contributed by atoms with Gasteiger partial charge in [-0.05, 0) is 22.9 Å². The van der Waals surface area contributed by atoms with E-state index in [2.05, 4.69) is 15.4 Å². The van der Waals surface area contributed by atoms with Crippen molar-refractivity contribution in [3.8, 4) is 0 Å². The molecular formula is C11H12Cl2N4. The molecule has 1 heterocycles. The van der Waals surface area contributed by atoms with Crippen LogP contribution in [-0.4, -0.2) is 26.1 Å². The van der Waals surface area contributed by atoms with Gasteiger partial charge in [0.15, 0.2) is 5.82 Å². The molecule has 1 aromatic carbocycles. The Bertz CT molecular complexity index is 480. The van der Waals surface area contributed by atoms with Crippen LogP contribution in [-0.2, 0) is 13.5 Å². The first-order chi connectivity index (χ1) is 8.19. The van der Waals surface area contributed by atoms with E-state index >= 15 is 0 Å². The number of aromatic nitrogens is 4. The number of hydrogen-bond acceptors (Lipinski definition) is 3. The van der Waals surface area contributed by atoms with Crippen LogP contribution >= 0.6 is 23.2 Å². The van der Waals surface area contributed by atoms with E-state index < -0.39 is 0 Å². The van der Waals surface area contributed by atoms with Gasteiger partial charge in [0.2, 0.25) is 0 Å². The molecule has 0 spiro atoms. The summed E-state index contributed by atoms with van der Waals surface area (Å²) >= 11 is 11.8. The average Bonchev–Trinajstić information content (AvgIpc) is 2.73. The van der Waals surface area contributed by atoms with Gasteiger partial charge in [0.1, 0.15) is 0 Å². The largest absolute Gasteiger partial charge is 0.175 e.